The van der Waals surface area contributed by atoms with Crippen LogP contribution in [0.15, 0.2) is 90.1 Å². The van der Waals surface area contributed by atoms with Gasteiger partial charge < -0.3 is 4.74 Å². The molecule has 26 heavy (non-hydrogen) atoms. The molecular weight excluding hydrogens is 342 g/mol. The van der Waals surface area contributed by atoms with Crippen molar-refractivity contribution >= 4 is 17.1 Å². The molecule has 0 heterocycles. The number of ether oxygens (including phenoxy) is 1. The van der Waals surface area contributed by atoms with Crippen molar-refractivity contribution in [3.63, 3.8) is 0 Å². The minimum atomic E-state index is -1.36. The summed E-state index contributed by atoms with van der Waals surface area (Å²) >= 11 is 0. The lowest BCUT2D eigenvalue weighted by atomic mass is 10.1. The molecule has 0 unspecified atom stereocenters. The summed E-state index contributed by atoms with van der Waals surface area (Å²) < 4.78 is 21.6. The maximum atomic E-state index is 12.7. The van der Waals surface area contributed by atoms with Crippen LogP contribution < -0.4 is 4.72 Å². The van der Waals surface area contributed by atoms with E-state index in [0.717, 1.165) is 16.0 Å². The molecule has 0 fully saturated rings. The van der Waals surface area contributed by atoms with Crippen LogP contribution in [-0.2, 0) is 15.7 Å². The van der Waals surface area contributed by atoms with E-state index in [-0.39, 0.29) is 6.04 Å². The van der Waals surface area contributed by atoms with Crippen LogP contribution in [0.4, 0.5) is 0 Å². The molecule has 0 saturated carbocycles. The fourth-order valence-corrected chi connectivity index (χ4v) is 3.28. The van der Waals surface area contributed by atoms with Gasteiger partial charge in [0.15, 0.2) is 0 Å². The summed E-state index contributed by atoms with van der Waals surface area (Å²) in [6, 6.07) is 17.3. The molecule has 1 N–H and O–H groups in total. The molecule has 0 aliphatic carbocycles. The fraction of sp³-hybridized carbons (Fsp3) is 0.182. The van der Waals surface area contributed by atoms with E-state index in [2.05, 4.69) is 11.3 Å². The van der Waals surface area contributed by atoms with E-state index in [1.165, 1.54) is 0 Å². The molecule has 0 bridgehead atoms. The smallest absolute Gasteiger partial charge is 0.125 e. The predicted molar refractivity (Wildman–Crippen MR) is 110 cm³/mol. The van der Waals surface area contributed by atoms with E-state index in [4.69, 9.17) is 4.74 Å². The molecule has 3 nitrogen and oxygen atoms in total. The third-order valence-electron chi connectivity index (χ3n) is 3.65. The lowest BCUT2D eigenvalue weighted by Crippen LogP contribution is -2.32. The van der Waals surface area contributed by atoms with Gasteiger partial charge in [-0.3, -0.25) is 0 Å². The van der Waals surface area contributed by atoms with Gasteiger partial charge in [-0.2, -0.15) is 0 Å². The Morgan fingerprint density at radius 1 is 1.19 bits per heavy atom. The zero-order chi connectivity index (χ0) is 18.8. The third kappa shape index (κ3) is 6.14. The zero-order valence-corrected chi connectivity index (χ0v) is 16.0. The van der Waals surface area contributed by atoms with Crippen molar-refractivity contribution < 1.29 is 8.95 Å². The largest absolute Gasteiger partial charge is 0.496 e. The predicted octanol–water partition coefficient (Wildman–Crippen LogP) is 4.80. The van der Waals surface area contributed by atoms with Crippen molar-refractivity contribution in [1.82, 2.24) is 4.72 Å². The van der Waals surface area contributed by atoms with Gasteiger partial charge in [0.05, 0.1) is 17.5 Å². The highest BCUT2D eigenvalue weighted by molar-refractivity contribution is 7.83. The molecule has 0 amide bonds. The van der Waals surface area contributed by atoms with Crippen LogP contribution in [0.2, 0.25) is 0 Å². The summed E-state index contributed by atoms with van der Waals surface area (Å²) in [6.45, 7) is 8.20. The van der Waals surface area contributed by atoms with Crippen LogP contribution in [0.5, 0.6) is 0 Å². The molecule has 4 heteroatoms. The first-order valence-corrected chi connectivity index (χ1v) is 9.72. The van der Waals surface area contributed by atoms with Crippen molar-refractivity contribution in [2.45, 2.75) is 24.8 Å². The maximum absolute atomic E-state index is 12.7. The Morgan fingerprint density at radius 2 is 1.88 bits per heavy atom. The number of aryl methyl sites for hydroxylation is 1. The summed E-state index contributed by atoms with van der Waals surface area (Å²) in [4.78, 5) is 0.725. The van der Waals surface area contributed by atoms with Gasteiger partial charge in [0.1, 0.15) is 16.7 Å². The van der Waals surface area contributed by atoms with E-state index in [1.807, 2.05) is 80.6 Å². The van der Waals surface area contributed by atoms with E-state index in [0.29, 0.717) is 12.4 Å². The summed E-state index contributed by atoms with van der Waals surface area (Å²) in [5.74, 6) is 0.676. The van der Waals surface area contributed by atoms with Crippen molar-refractivity contribution in [3.8, 4) is 0 Å². The Labute approximate surface area is 158 Å². The number of benzene rings is 2. The van der Waals surface area contributed by atoms with Gasteiger partial charge in [0.25, 0.3) is 0 Å². The van der Waals surface area contributed by atoms with Crippen molar-refractivity contribution in [3.05, 3.63) is 96.3 Å². The molecular formula is C22H25NO2S. The lowest BCUT2D eigenvalue weighted by Gasteiger charge is -2.18. The molecule has 0 spiro atoms. The molecule has 2 aromatic rings. The second-order valence-corrected chi connectivity index (χ2v) is 6.93. The topological polar surface area (TPSA) is 38.3 Å². The highest BCUT2D eigenvalue weighted by atomic mass is 32.2. The van der Waals surface area contributed by atoms with Crippen LogP contribution in [0.25, 0.3) is 6.08 Å². The molecule has 0 aliphatic heterocycles. The van der Waals surface area contributed by atoms with E-state index >= 15 is 0 Å². The second kappa shape index (κ2) is 10.5. The Balaban J connectivity index is 2.25. The van der Waals surface area contributed by atoms with Gasteiger partial charge in [-0.25, -0.2) is 8.93 Å². The summed E-state index contributed by atoms with van der Waals surface area (Å²) in [5, 5.41) is 0. The Morgan fingerprint density at radius 3 is 2.50 bits per heavy atom. The summed E-state index contributed by atoms with van der Waals surface area (Å²) in [5.41, 5.74) is 2.20. The molecule has 2 aromatic carbocycles. The normalized spacial score (nSPS) is 14.2. The average Bonchev–Trinajstić information content (AvgIpc) is 2.66. The summed E-state index contributed by atoms with van der Waals surface area (Å²) in [7, 11) is -1.36. The van der Waals surface area contributed by atoms with Gasteiger partial charge in [-0.05, 0) is 37.6 Å². The zero-order valence-electron chi connectivity index (χ0n) is 15.2. The van der Waals surface area contributed by atoms with E-state index < -0.39 is 11.0 Å². The monoisotopic (exact) mass is 367 g/mol. The number of hydrogen-bond donors (Lipinski definition) is 1. The van der Waals surface area contributed by atoms with Crippen molar-refractivity contribution in [2.24, 2.45) is 0 Å². The SMILES string of the molecule is C=C/C=C(/OCC)[C@H](/C=C/c1ccccc1)N[S@](=O)c1ccc(C)cc1. The Bertz CT molecular complexity index is 780. The van der Waals surface area contributed by atoms with Crippen LogP contribution in [0, 0.1) is 6.92 Å². The van der Waals surface area contributed by atoms with Crippen LogP contribution in [-0.4, -0.2) is 16.9 Å². The number of nitrogens with one attached hydrogen (secondary N) is 1. The third-order valence-corrected chi connectivity index (χ3v) is 4.82. The van der Waals surface area contributed by atoms with Crippen LogP contribution >= 0.6 is 0 Å². The van der Waals surface area contributed by atoms with Crippen LogP contribution in [0.1, 0.15) is 18.1 Å². The molecule has 0 radical (unpaired) electrons. The number of allylic oxidation sites excluding steroid dienone is 2. The molecule has 2 atom stereocenters. The molecule has 0 saturated heterocycles. The second-order valence-electron chi connectivity index (χ2n) is 5.68. The van der Waals surface area contributed by atoms with E-state index in [9.17, 15) is 4.21 Å². The first-order valence-electron chi connectivity index (χ1n) is 8.57. The van der Waals surface area contributed by atoms with Gasteiger partial charge >= 0.3 is 0 Å². The summed E-state index contributed by atoms with van der Waals surface area (Å²) in [6.07, 6.45) is 7.40. The van der Waals surface area contributed by atoms with Crippen LogP contribution in [0.3, 0.4) is 0 Å². The van der Waals surface area contributed by atoms with Gasteiger partial charge in [-0.1, -0.05) is 72.8 Å². The highest BCUT2D eigenvalue weighted by Gasteiger charge is 2.16. The number of hydrogen-bond acceptors (Lipinski definition) is 2. The minimum absolute atomic E-state index is 0.338. The lowest BCUT2D eigenvalue weighted by molar-refractivity contribution is 0.214. The molecule has 0 aromatic heterocycles. The molecule has 0 aliphatic rings. The van der Waals surface area contributed by atoms with E-state index in [1.54, 1.807) is 12.2 Å². The number of rotatable bonds is 9. The Kier molecular flexibility index (Phi) is 8.06. The maximum Gasteiger partial charge on any atom is 0.125 e. The quantitative estimate of drug-likeness (QED) is 0.511. The first-order chi connectivity index (χ1) is 12.6. The highest BCUT2D eigenvalue weighted by Crippen LogP contribution is 2.14. The molecule has 136 valence electrons. The standard InChI is InChI=1S/C22H25NO2S/c1-4-9-22(25-5-2)21(17-14-19-10-7-6-8-11-19)23-26(24)20-15-12-18(3)13-16-20/h4,6-17,21,23H,1,5H2,2-3H3/b17-14+,22-9+/t21-,26+/m0/s1. The Hall–Kier alpha value is -2.43. The van der Waals surface area contributed by atoms with Gasteiger partial charge in [0.2, 0.25) is 0 Å². The molecule has 2 rings (SSSR count). The fourth-order valence-electron chi connectivity index (χ4n) is 2.33. The van der Waals surface area contributed by atoms with Crippen molar-refractivity contribution in [1.29, 1.82) is 0 Å². The minimum Gasteiger partial charge on any atom is -0.496 e. The van der Waals surface area contributed by atoms with Gasteiger partial charge in [-0.15, -0.1) is 0 Å². The van der Waals surface area contributed by atoms with Gasteiger partial charge in [0, 0.05) is 0 Å². The van der Waals surface area contributed by atoms with Crippen molar-refractivity contribution in [2.75, 3.05) is 6.61 Å². The average molecular weight is 368 g/mol. The first kappa shape index (κ1) is 19.9.